The van der Waals surface area contributed by atoms with Gasteiger partial charge in [0.15, 0.2) is 0 Å². The topological polar surface area (TPSA) is 73.0 Å². The Kier molecular flexibility index (Phi) is 6.52. The summed E-state index contributed by atoms with van der Waals surface area (Å²) in [5.74, 6) is -0.0637. The highest BCUT2D eigenvalue weighted by atomic mass is 32.2. The van der Waals surface area contributed by atoms with Gasteiger partial charge in [-0.05, 0) is 51.1 Å². The Morgan fingerprint density at radius 3 is 2.15 bits per heavy atom. The molecular formula is C19H30N4O3S. The van der Waals surface area contributed by atoms with Gasteiger partial charge in [0.2, 0.25) is 15.9 Å². The van der Waals surface area contributed by atoms with Crippen LogP contribution in [-0.4, -0.2) is 80.8 Å². The second-order valence-corrected chi connectivity index (χ2v) is 9.43. The Morgan fingerprint density at radius 1 is 0.963 bits per heavy atom. The number of piperidine rings is 1. The molecule has 27 heavy (non-hydrogen) atoms. The van der Waals surface area contributed by atoms with Gasteiger partial charge >= 0.3 is 0 Å². The van der Waals surface area contributed by atoms with Gasteiger partial charge in [-0.3, -0.25) is 9.69 Å². The summed E-state index contributed by atoms with van der Waals surface area (Å²) >= 11 is 0. The van der Waals surface area contributed by atoms with Gasteiger partial charge in [-0.25, -0.2) is 8.42 Å². The summed E-state index contributed by atoms with van der Waals surface area (Å²) in [6, 6.07) is 6.30. The normalized spacial score (nSPS) is 21.7. The van der Waals surface area contributed by atoms with E-state index in [0.717, 1.165) is 45.4 Å². The summed E-state index contributed by atoms with van der Waals surface area (Å²) in [5, 5.41) is 2.91. The van der Waals surface area contributed by atoms with E-state index in [0.29, 0.717) is 18.8 Å². The number of nitrogens with one attached hydrogen (secondary N) is 1. The molecule has 0 aliphatic carbocycles. The SMILES string of the molecule is CC(C(=O)Nc1ccc(S(=O)(=O)N2CCCCC2)cc1)N1CCN(C)CC1. The molecule has 2 fully saturated rings. The van der Waals surface area contributed by atoms with Crippen LogP contribution in [0.1, 0.15) is 26.2 Å². The van der Waals surface area contributed by atoms with Crippen molar-refractivity contribution >= 4 is 21.6 Å². The van der Waals surface area contributed by atoms with Crippen molar-refractivity contribution in [1.29, 1.82) is 0 Å². The number of piperazine rings is 1. The fraction of sp³-hybridized carbons (Fsp3) is 0.632. The zero-order chi connectivity index (χ0) is 19.4. The summed E-state index contributed by atoms with van der Waals surface area (Å²) in [4.78, 5) is 17.2. The highest BCUT2D eigenvalue weighted by Crippen LogP contribution is 2.22. The highest BCUT2D eigenvalue weighted by Gasteiger charge is 2.27. The van der Waals surface area contributed by atoms with Crippen LogP contribution in [0, 0.1) is 0 Å². The van der Waals surface area contributed by atoms with Gasteiger partial charge in [-0.1, -0.05) is 6.42 Å². The summed E-state index contributed by atoms with van der Waals surface area (Å²) in [6.07, 6.45) is 2.91. The number of hydrogen-bond donors (Lipinski definition) is 1. The minimum absolute atomic E-state index is 0.0637. The summed E-state index contributed by atoms with van der Waals surface area (Å²) in [7, 11) is -1.35. The van der Waals surface area contributed by atoms with Crippen LogP contribution in [0.5, 0.6) is 0 Å². The standard InChI is InChI=1S/C19H30N4O3S/c1-16(22-14-12-21(2)13-15-22)19(24)20-17-6-8-18(9-7-17)27(25,26)23-10-4-3-5-11-23/h6-9,16H,3-5,10-15H2,1-2H3,(H,20,24). The van der Waals surface area contributed by atoms with E-state index in [1.54, 1.807) is 28.6 Å². The lowest BCUT2D eigenvalue weighted by Gasteiger charge is -2.35. The van der Waals surface area contributed by atoms with Crippen molar-refractivity contribution in [3.05, 3.63) is 24.3 Å². The van der Waals surface area contributed by atoms with Crippen LogP contribution < -0.4 is 5.32 Å². The van der Waals surface area contributed by atoms with Gasteiger partial charge in [0, 0.05) is 45.0 Å². The molecule has 2 aliphatic rings. The van der Waals surface area contributed by atoms with Crippen molar-refractivity contribution in [2.75, 3.05) is 51.6 Å². The number of carbonyl (C=O) groups is 1. The largest absolute Gasteiger partial charge is 0.325 e. The van der Waals surface area contributed by atoms with Crippen LogP contribution in [0.25, 0.3) is 0 Å². The van der Waals surface area contributed by atoms with E-state index in [4.69, 9.17) is 0 Å². The van der Waals surface area contributed by atoms with E-state index < -0.39 is 10.0 Å². The zero-order valence-electron chi connectivity index (χ0n) is 16.2. The van der Waals surface area contributed by atoms with Crippen LogP contribution in [-0.2, 0) is 14.8 Å². The Hall–Kier alpha value is -1.48. The average molecular weight is 395 g/mol. The van der Waals surface area contributed by atoms with Crippen LogP contribution in [0.2, 0.25) is 0 Å². The van der Waals surface area contributed by atoms with Gasteiger partial charge in [0.1, 0.15) is 0 Å². The predicted molar refractivity (Wildman–Crippen MR) is 106 cm³/mol. The summed E-state index contributed by atoms with van der Waals surface area (Å²) in [6.45, 7) is 6.75. The first-order valence-corrected chi connectivity index (χ1v) is 11.2. The molecule has 1 aromatic carbocycles. The highest BCUT2D eigenvalue weighted by molar-refractivity contribution is 7.89. The third-order valence-electron chi connectivity index (χ3n) is 5.54. The first kappa shape index (κ1) is 20.3. The van der Waals surface area contributed by atoms with Gasteiger partial charge in [0.05, 0.1) is 10.9 Å². The monoisotopic (exact) mass is 394 g/mol. The smallest absolute Gasteiger partial charge is 0.243 e. The Morgan fingerprint density at radius 2 is 1.56 bits per heavy atom. The summed E-state index contributed by atoms with van der Waals surface area (Å²) < 4.78 is 26.9. The molecule has 150 valence electrons. The number of sulfonamides is 1. The second kappa shape index (κ2) is 8.68. The van der Waals surface area contributed by atoms with Crippen molar-refractivity contribution in [2.45, 2.75) is 37.1 Å². The zero-order valence-corrected chi connectivity index (χ0v) is 17.0. The number of nitrogens with zero attached hydrogens (tertiary/aromatic N) is 3. The van der Waals surface area contributed by atoms with Gasteiger partial charge in [-0.2, -0.15) is 4.31 Å². The minimum Gasteiger partial charge on any atom is -0.325 e. The Balaban J connectivity index is 1.60. The molecule has 7 nitrogen and oxygen atoms in total. The minimum atomic E-state index is -3.44. The van der Waals surface area contributed by atoms with E-state index >= 15 is 0 Å². The molecule has 0 radical (unpaired) electrons. The number of benzene rings is 1. The van der Waals surface area contributed by atoms with Crippen LogP contribution in [0.4, 0.5) is 5.69 Å². The van der Waals surface area contributed by atoms with Crippen molar-refractivity contribution in [2.24, 2.45) is 0 Å². The van der Waals surface area contributed by atoms with Crippen LogP contribution >= 0.6 is 0 Å². The van der Waals surface area contributed by atoms with Crippen molar-refractivity contribution in [3.8, 4) is 0 Å². The first-order valence-electron chi connectivity index (χ1n) is 9.71. The van der Waals surface area contributed by atoms with E-state index in [9.17, 15) is 13.2 Å². The quantitative estimate of drug-likeness (QED) is 0.818. The molecule has 2 heterocycles. The maximum absolute atomic E-state index is 12.7. The molecule has 2 saturated heterocycles. The van der Waals surface area contributed by atoms with Gasteiger partial charge < -0.3 is 10.2 Å². The number of rotatable bonds is 5. The van der Waals surface area contributed by atoms with E-state index in [1.165, 1.54) is 0 Å². The molecular weight excluding hydrogens is 364 g/mol. The van der Waals surface area contributed by atoms with E-state index in [1.807, 2.05) is 6.92 Å². The van der Waals surface area contributed by atoms with Crippen molar-refractivity contribution in [3.63, 3.8) is 0 Å². The molecule has 1 amide bonds. The van der Waals surface area contributed by atoms with Crippen LogP contribution in [0.15, 0.2) is 29.2 Å². The molecule has 1 aromatic rings. The maximum atomic E-state index is 12.7. The lowest BCUT2D eigenvalue weighted by Crippen LogP contribution is -2.51. The molecule has 2 aliphatic heterocycles. The van der Waals surface area contributed by atoms with Gasteiger partial charge in [-0.15, -0.1) is 0 Å². The number of carbonyl (C=O) groups excluding carboxylic acids is 1. The fourth-order valence-electron chi connectivity index (χ4n) is 3.59. The van der Waals surface area contributed by atoms with E-state index in [2.05, 4.69) is 22.2 Å². The van der Waals surface area contributed by atoms with Crippen molar-refractivity contribution < 1.29 is 13.2 Å². The molecule has 1 atom stereocenters. The van der Waals surface area contributed by atoms with Crippen molar-refractivity contribution in [1.82, 2.24) is 14.1 Å². The lowest BCUT2D eigenvalue weighted by molar-refractivity contribution is -0.121. The maximum Gasteiger partial charge on any atom is 0.243 e. The number of anilines is 1. The molecule has 0 aromatic heterocycles. The molecule has 1 unspecified atom stereocenters. The second-order valence-electron chi connectivity index (χ2n) is 7.49. The molecule has 3 rings (SSSR count). The Bertz CT molecular complexity index is 737. The molecule has 0 bridgehead atoms. The van der Waals surface area contributed by atoms with E-state index in [-0.39, 0.29) is 16.8 Å². The molecule has 8 heteroatoms. The molecule has 0 saturated carbocycles. The molecule has 1 N–H and O–H groups in total. The fourth-order valence-corrected chi connectivity index (χ4v) is 5.10. The van der Waals surface area contributed by atoms with Crippen LogP contribution in [0.3, 0.4) is 0 Å². The average Bonchev–Trinajstić information content (AvgIpc) is 2.69. The predicted octanol–water partition coefficient (Wildman–Crippen LogP) is 1.44. The summed E-state index contributed by atoms with van der Waals surface area (Å²) in [5.41, 5.74) is 0.624. The molecule has 0 spiro atoms. The number of amides is 1. The number of likely N-dealkylation sites (N-methyl/N-ethyl adjacent to an activating group) is 1. The third kappa shape index (κ3) is 4.87. The Labute approximate surface area is 162 Å². The third-order valence-corrected chi connectivity index (χ3v) is 7.45. The number of hydrogen-bond acceptors (Lipinski definition) is 5. The van der Waals surface area contributed by atoms with Gasteiger partial charge in [0.25, 0.3) is 0 Å². The first-order chi connectivity index (χ1) is 12.9. The lowest BCUT2D eigenvalue weighted by atomic mass is 10.2.